The highest BCUT2D eigenvalue weighted by Gasteiger charge is 2.24. The lowest BCUT2D eigenvalue weighted by Crippen LogP contribution is -2.26. The van der Waals surface area contributed by atoms with Gasteiger partial charge >= 0.3 is 0 Å². The minimum atomic E-state index is -3.78. The molecule has 1 aromatic heterocycles. The van der Waals surface area contributed by atoms with Crippen LogP contribution in [0.25, 0.3) is 0 Å². The number of methoxy groups -OCH3 is 1. The van der Waals surface area contributed by atoms with Gasteiger partial charge in [-0.15, -0.1) is 11.3 Å². The summed E-state index contributed by atoms with van der Waals surface area (Å²) in [7, 11) is -2.29. The molecule has 0 aliphatic carbocycles. The number of hydrogen-bond donors (Lipinski definition) is 1. The Kier molecular flexibility index (Phi) is 5.01. The van der Waals surface area contributed by atoms with E-state index in [0.29, 0.717) is 16.3 Å². The van der Waals surface area contributed by atoms with E-state index in [4.69, 9.17) is 4.74 Å². The van der Waals surface area contributed by atoms with Crippen molar-refractivity contribution in [1.29, 1.82) is 0 Å². The molecule has 1 aromatic carbocycles. The van der Waals surface area contributed by atoms with Crippen molar-refractivity contribution in [3.63, 3.8) is 0 Å². The zero-order valence-electron chi connectivity index (χ0n) is 14.1. The number of rotatable bonds is 5. The van der Waals surface area contributed by atoms with E-state index < -0.39 is 10.0 Å². The van der Waals surface area contributed by atoms with Gasteiger partial charge in [0.1, 0.15) is 9.96 Å². The molecule has 0 spiro atoms. The molecule has 1 amide bonds. The van der Waals surface area contributed by atoms with Gasteiger partial charge in [0.25, 0.3) is 15.9 Å². The summed E-state index contributed by atoms with van der Waals surface area (Å²) in [5.41, 5.74) is 1.29. The summed E-state index contributed by atoms with van der Waals surface area (Å²) in [5, 5.41) is 0. The third kappa shape index (κ3) is 3.80. The second kappa shape index (κ2) is 7.05. The van der Waals surface area contributed by atoms with Crippen LogP contribution in [-0.4, -0.2) is 39.4 Å². The molecular weight excluding hydrogens is 360 g/mol. The van der Waals surface area contributed by atoms with Crippen molar-refractivity contribution < 1.29 is 17.9 Å². The van der Waals surface area contributed by atoms with Crippen molar-refractivity contribution in [2.75, 3.05) is 24.9 Å². The number of nitrogens with zero attached hydrogens (tertiary/aromatic N) is 1. The average molecular weight is 380 g/mol. The lowest BCUT2D eigenvalue weighted by Gasteiger charge is -2.13. The first-order chi connectivity index (χ1) is 11.9. The van der Waals surface area contributed by atoms with Crippen LogP contribution in [0.15, 0.2) is 34.5 Å². The largest absolute Gasteiger partial charge is 0.495 e. The fourth-order valence-corrected chi connectivity index (χ4v) is 5.09. The van der Waals surface area contributed by atoms with Gasteiger partial charge in [0.15, 0.2) is 0 Å². The van der Waals surface area contributed by atoms with Crippen LogP contribution in [0.5, 0.6) is 5.75 Å². The summed E-state index contributed by atoms with van der Waals surface area (Å²) < 4.78 is 33.2. The summed E-state index contributed by atoms with van der Waals surface area (Å²) in [6, 6.07) is 8.31. The first-order valence-electron chi connectivity index (χ1n) is 7.97. The van der Waals surface area contributed by atoms with Crippen molar-refractivity contribution in [3.05, 3.63) is 40.8 Å². The summed E-state index contributed by atoms with van der Waals surface area (Å²) in [4.78, 5) is 14.6. The zero-order valence-corrected chi connectivity index (χ0v) is 15.7. The number of anilines is 1. The van der Waals surface area contributed by atoms with Gasteiger partial charge in [0, 0.05) is 13.1 Å². The fraction of sp³-hybridized carbons (Fsp3) is 0.353. The van der Waals surface area contributed by atoms with Gasteiger partial charge in [-0.05, 0) is 49.6 Å². The van der Waals surface area contributed by atoms with E-state index in [2.05, 4.69) is 4.72 Å². The molecule has 25 heavy (non-hydrogen) atoms. The molecule has 1 N–H and O–H groups in total. The molecule has 2 aromatic rings. The molecule has 6 nitrogen and oxygen atoms in total. The van der Waals surface area contributed by atoms with Crippen molar-refractivity contribution >= 4 is 33.0 Å². The molecule has 2 heterocycles. The molecule has 0 radical (unpaired) electrons. The molecule has 1 saturated heterocycles. The number of ether oxygens (including phenoxy) is 1. The van der Waals surface area contributed by atoms with Crippen LogP contribution in [0.3, 0.4) is 0 Å². The normalized spacial score (nSPS) is 14.6. The monoisotopic (exact) mass is 380 g/mol. The highest BCUT2D eigenvalue weighted by Crippen LogP contribution is 2.30. The molecule has 1 fully saturated rings. The third-order valence-corrected chi connectivity index (χ3v) is 6.98. The minimum absolute atomic E-state index is 0.0999. The molecular formula is C17H20N2O4S2. The number of sulfonamides is 1. The van der Waals surface area contributed by atoms with Crippen LogP contribution in [0.4, 0.5) is 5.69 Å². The predicted molar refractivity (Wildman–Crippen MR) is 98.0 cm³/mol. The molecule has 3 rings (SSSR count). The van der Waals surface area contributed by atoms with E-state index in [0.717, 1.165) is 42.8 Å². The Morgan fingerprint density at radius 1 is 1.20 bits per heavy atom. The highest BCUT2D eigenvalue weighted by molar-refractivity contribution is 7.94. The SMILES string of the molecule is COc1ccc(C)cc1NS(=O)(=O)c1ccc(C(=O)N2CCCC2)s1. The Morgan fingerprint density at radius 2 is 1.92 bits per heavy atom. The smallest absolute Gasteiger partial charge is 0.271 e. The van der Waals surface area contributed by atoms with Crippen molar-refractivity contribution in [1.82, 2.24) is 4.90 Å². The van der Waals surface area contributed by atoms with Crippen LogP contribution in [0.1, 0.15) is 28.1 Å². The van der Waals surface area contributed by atoms with E-state index in [1.165, 1.54) is 13.2 Å². The van der Waals surface area contributed by atoms with Crippen LogP contribution in [0.2, 0.25) is 0 Å². The quantitative estimate of drug-likeness (QED) is 0.865. The molecule has 0 unspecified atom stereocenters. The summed E-state index contributed by atoms with van der Waals surface area (Å²) >= 11 is 0.989. The predicted octanol–water partition coefficient (Wildman–Crippen LogP) is 3.10. The Morgan fingerprint density at radius 3 is 2.60 bits per heavy atom. The van der Waals surface area contributed by atoms with Crippen molar-refractivity contribution in [2.45, 2.75) is 24.0 Å². The van der Waals surface area contributed by atoms with Crippen LogP contribution in [-0.2, 0) is 10.0 Å². The topological polar surface area (TPSA) is 75.7 Å². The second-order valence-corrected chi connectivity index (χ2v) is 8.92. The number of carbonyl (C=O) groups excluding carboxylic acids is 1. The Bertz CT molecular complexity index is 884. The van der Waals surface area contributed by atoms with E-state index in [1.807, 2.05) is 13.0 Å². The fourth-order valence-electron chi connectivity index (χ4n) is 2.75. The van der Waals surface area contributed by atoms with Crippen molar-refractivity contribution in [3.8, 4) is 5.75 Å². The number of benzene rings is 1. The van der Waals surface area contributed by atoms with Gasteiger partial charge in [-0.2, -0.15) is 0 Å². The molecule has 0 bridgehead atoms. The molecule has 0 saturated carbocycles. The Labute approximate surface area is 151 Å². The number of nitrogens with one attached hydrogen (secondary N) is 1. The van der Waals surface area contributed by atoms with Gasteiger partial charge in [-0.3, -0.25) is 9.52 Å². The Balaban J connectivity index is 1.84. The van der Waals surface area contributed by atoms with Gasteiger partial charge in [-0.1, -0.05) is 6.07 Å². The lowest BCUT2D eigenvalue weighted by atomic mass is 10.2. The standard InChI is InChI=1S/C17H20N2O4S2/c1-12-5-6-14(23-2)13(11-12)18-25(21,22)16-8-7-15(24-16)17(20)19-9-3-4-10-19/h5-8,11,18H,3-4,9-10H2,1-2H3. The molecule has 1 aliphatic rings. The van der Waals surface area contributed by atoms with Gasteiger partial charge in [0.05, 0.1) is 17.7 Å². The third-order valence-electron chi connectivity index (χ3n) is 4.05. The maximum Gasteiger partial charge on any atom is 0.271 e. The number of hydrogen-bond acceptors (Lipinski definition) is 5. The summed E-state index contributed by atoms with van der Waals surface area (Å²) in [6.07, 6.45) is 1.99. The minimum Gasteiger partial charge on any atom is -0.495 e. The van der Waals surface area contributed by atoms with Gasteiger partial charge in [-0.25, -0.2) is 8.42 Å². The van der Waals surface area contributed by atoms with Crippen LogP contribution in [0, 0.1) is 6.92 Å². The Hall–Kier alpha value is -2.06. The summed E-state index contributed by atoms with van der Waals surface area (Å²) in [5.74, 6) is 0.344. The van der Waals surface area contributed by atoms with E-state index >= 15 is 0 Å². The van der Waals surface area contributed by atoms with E-state index in [9.17, 15) is 13.2 Å². The molecule has 0 atom stereocenters. The number of thiophene rings is 1. The van der Waals surface area contributed by atoms with Gasteiger partial charge in [0.2, 0.25) is 0 Å². The van der Waals surface area contributed by atoms with Gasteiger partial charge < -0.3 is 9.64 Å². The first-order valence-corrected chi connectivity index (χ1v) is 10.3. The number of amides is 1. The maximum absolute atomic E-state index is 12.7. The van der Waals surface area contributed by atoms with E-state index in [-0.39, 0.29) is 10.1 Å². The molecule has 134 valence electrons. The molecule has 8 heteroatoms. The van der Waals surface area contributed by atoms with E-state index in [1.54, 1.807) is 23.1 Å². The zero-order chi connectivity index (χ0) is 18.0. The maximum atomic E-state index is 12.7. The number of aryl methyl sites for hydroxylation is 1. The summed E-state index contributed by atoms with van der Waals surface area (Å²) in [6.45, 7) is 3.34. The number of carbonyl (C=O) groups is 1. The van der Waals surface area contributed by atoms with Crippen LogP contribution >= 0.6 is 11.3 Å². The lowest BCUT2D eigenvalue weighted by molar-refractivity contribution is 0.0797. The van der Waals surface area contributed by atoms with Crippen LogP contribution < -0.4 is 9.46 Å². The number of likely N-dealkylation sites (tertiary alicyclic amines) is 1. The first kappa shape index (κ1) is 17.8. The second-order valence-electron chi connectivity index (χ2n) is 5.93. The molecule has 1 aliphatic heterocycles. The average Bonchev–Trinajstić information content (AvgIpc) is 3.26. The van der Waals surface area contributed by atoms with Crippen molar-refractivity contribution in [2.24, 2.45) is 0 Å². The highest BCUT2D eigenvalue weighted by atomic mass is 32.2.